The molecule has 2 aromatic heterocycles. The number of nitrogens with zero attached hydrogens (tertiary/aromatic N) is 4. The second-order valence-corrected chi connectivity index (χ2v) is 8.10. The van der Waals surface area contributed by atoms with Crippen molar-refractivity contribution in [2.24, 2.45) is 5.92 Å². The zero-order valence-corrected chi connectivity index (χ0v) is 16.5. The van der Waals surface area contributed by atoms with Gasteiger partial charge in [-0.1, -0.05) is 19.2 Å². The molecule has 1 unspecified atom stereocenters. The lowest BCUT2D eigenvalue weighted by atomic mass is 9.91. The van der Waals surface area contributed by atoms with Crippen LogP contribution in [-0.4, -0.2) is 39.6 Å². The molecule has 1 saturated heterocycles. The predicted molar refractivity (Wildman–Crippen MR) is 109 cm³/mol. The van der Waals surface area contributed by atoms with E-state index in [1.807, 2.05) is 6.20 Å². The van der Waals surface area contributed by atoms with Gasteiger partial charge in [-0.3, -0.25) is 9.88 Å². The highest BCUT2D eigenvalue weighted by atomic mass is 15.2. The summed E-state index contributed by atoms with van der Waals surface area (Å²) in [6.07, 6.45) is 7.88. The minimum Gasteiger partial charge on any atom is -0.327 e. The third-order valence-corrected chi connectivity index (χ3v) is 6.22. The fourth-order valence-corrected chi connectivity index (χ4v) is 4.60. The fourth-order valence-electron chi connectivity index (χ4n) is 4.60. The Hall–Kier alpha value is -1.98. The second kappa shape index (κ2) is 7.95. The summed E-state index contributed by atoms with van der Waals surface area (Å²) in [7, 11) is 2.20. The van der Waals surface area contributed by atoms with Crippen molar-refractivity contribution >= 4 is 13.2 Å². The minimum absolute atomic E-state index is 0.362. The van der Waals surface area contributed by atoms with Crippen molar-refractivity contribution in [3.63, 3.8) is 0 Å². The molecule has 1 aliphatic carbocycles. The Morgan fingerprint density at radius 2 is 2.07 bits per heavy atom. The quantitative estimate of drug-likeness (QED) is 0.874. The molecule has 5 nitrogen and oxygen atoms in total. The summed E-state index contributed by atoms with van der Waals surface area (Å²) in [5.41, 5.74) is 2.64. The number of imidazole rings is 1. The molecule has 3 heterocycles. The molecular weight excluding hydrogens is 334 g/mol. The van der Waals surface area contributed by atoms with Crippen LogP contribution in [0.25, 0.3) is 13.2 Å². The lowest BCUT2D eigenvalue weighted by Gasteiger charge is -2.32. The molecule has 4 rings (SSSR count). The predicted octanol–water partition coefficient (Wildman–Crippen LogP) is 1.61. The number of rotatable bonds is 5. The van der Waals surface area contributed by atoms with Gasteiger partial charge in [-0.2, -0.15) is 0 Å². The summed E-state index contributed by atoms with van der Waals surface area (Å²) in [5, 5.41) is 5.24. The number of hydrogen-bond donors (Lipinski definition) is 1. The van der Waals surface area contributed by atoms with E-state index >= 15 is 0 Å². The van der Waals surface area contributed by atoms with E-state index in [-0.39, 0.29) is 0 Å². The van der Waals surface area contributed by atoms with Gasteiger partial charge in [0.05, 0.1) is 29.0 Å². The van der Waals surface area contributed by atoms with E-state index < -0.39 is 0 Å². The summed E-state index contributed by atoms with van der Waals surface area (Å²) in [6.45, 7) is 12.4. The van der Waals surface area contributed by atoms with Crippen LogP contribution in [0.2, 0.25) is 0 Å². The van der Waals surface area contributed by atoms with E-state index in [0.717, 1.165) is 55.5 Å². The first-order valence-corrected chi connectivity index (χ1v) is 10.2. The molecule has 1 fully saturated rings. The molecule has 1 atom stereocenters. The molecule has 0 aromatic carbocycles. The summed E-state index contributed by atoms with van der Waals surface area (Å²) in [5.74, 6) is 1.79. The van der Waals surface area contributed by atoms with Gasteiger partial charge in [0.25, 0.3) is 0 Å². The molecule has 0 bridgehead atoms. The van der Waals surface area contributed by atoms with Gasteiger partial charge < -0.3 is 9.88 Å². The van der Waals surface area contributed by atoms with Crippen molar-refractivity contribution in [3.8, 4) is 0 Å². The fraction of sp³-hybridized carbons (Fsp3) is 0.545. The highest BCUT2D eigenvalue weighted by molar-refractivity contribution is 5.25. The highest BCUT2D eigenvalue weighted by Gasteiger charge is 2.26. The Kier molecular flexibility index (Phi) is 5.41. The molecule has 2 aromatic rings. The Labute approximate surface area is 161 Å². The summed E-state index contributed by atoms with van der Waals surface area (Å²) >= 11 is 0. The van der Waals surface area contributed by atoms with Crippen molar-refractivity contribution in [1.29, 1.82) is 0 Å². The van der Waals surface area contributed by atoms with Gasteiger partial charge >= 0.3 is 0 Å². The monoisotopic (exact) mass is 365 g/mol. The van der Waals surface area contributed by atoms with Gasteiger partial charge in [0.2, 0.25) is 0 Å². The van der Waals surface area contributed by atoms with Gasteiger partial charge in [0.15, 0.2) is 0 Å². The van der Waals surface area contributed by atoms with Crippen molar-refractivity contribution in [2.75, 3.05) is 20.1 Å². The van der Waals surface area contributed by atoms with Crippen LogP contribution in [0.15, 0.2) is 18.3 Å². The van der Waals surface area contributed by atoms with Crippen LogP contribution in [0, 0.1) is 5.92 Å². The van der Waals surface area contributed by atoms with E-state index in [1.165, 1.54) is 30.5 Å². The maximum Gasteiger partial charge on any atom is 0.124 e. The SMILES string of the molecule is C=c1nc(CN(C)C2CCCc3cccnc32)n(CC2CCNCC2)c1=C. The lowest BCUT2D eigenvalue weighted by Crippen LogP contribution is -2.35. The maximum atomic E-state index is 4.78. The second-order valence-electron chi connectivity index (χ2n) is 8.10. The number of fused-ring (bicyclic) bond motifs is 1. The summed E-state index contributed by atoms with van der Waals surface area (Å²) in [4.78, 5) is 11.9. The van der Waals surface area contributed by atoms with E-state index in [2.05, 4.69) is 47.1 Å². The number of aryl methyl sites for hydroxylation is 1. The first kappa shape index (κ1) is 18.4. The molecular formula is C22H31N5. The smallest absolute Gasteiger partial charge is 0.124 e. The molecule has 5 heteroatoms. The maximum absolute atomic E-state index is 4.78. The van der Waals surface area contributed by atoms with Crippen LogP contribution in [0.1, 0.15) is 48.8 Å². The molecule has 0 spiro atoms. The Morgan fingerprint density at radius 3 is 2.89 bits per heavy atom. The average Bonchev–Trinajstić information content (AvgIpc) is 2.95. The topological polar surface area (TPSA) is 46.0 Å². The highest BCUT2D eigenvalue weighted by Crippen LogP contribution is 2.32. The Bertz CT molecular complexity index is 881. The third-order valence-electron chi connectivity index (χ3n) is 6.22. The standard InChI is InChI=1S/C22H31N5/c1-16-17(2)27(14-18-9-12-23-13-10-18)21(25-16)15-26(3)20-8-4-6-19-7-5-11-24-22(19)20/h5,7,11,18,20,23H,1-2,4,6,8-10,12-15H2,3H3. The van der Waals surface area contributed by atoms with Gasteiger partial charge in [-0.25, -0.2) is 4.98 Å². The molecule has 0 saturated carbocycles. The van der Waals surface area contributed by atoms with E-state index in [4.69, 9.17) is 9.97 Å². The van der Waals surface area contributed by atoms with E-state index in [0.29, 0.717) is 12.0 Å². The van der Waals surface area contributed by atoms with Crippen molar-refractivity contribution < 1.29 is 0 Å². The zero-order valence-electron chi connectivity index (χ0n) is 16.5. The van der Waals surface area contributed by atoms with Crippen LogP contribution in [0.5, 0.6) is 0 Å². The molecule has 27 heavy (non-hydrogen) atoms. The number of hydrogen-bond acceptors (Lipinski definition) is 4. The van der Waals surface area contributed by atoms with Crippen LogP contribution in [0.4, 0.5) is 0 Å². The van der Waals surface area contributed by atoms with Gasteiger partial charge in [-0.05, 0) is 69.8 Å². The number of piperidine rings is 1. The average molecular weight is 366 g/mol. The molecule has 1 N–H and O–H groups in total. The molecule has 2 aliphatic rings. The van der Waals surface area contributed by atoms with E-state index in [1.54, 1.807) is 0 Å². The summed E-state index contributed by atoms with van der Waals surface area (Å²) < 4.78 is 2.32. The van der Waals surface area contributed by atoms with Gasteiger partial charge in [-0.15, -0.1) is 0 Å². The summed E-state index contributed by atoms with van der Waals surface area (Å²) in [6, 6.07) is 4.64. The van der Waals surface area contributed by atoms with Crippen LogP contribution < -0.4 is 16.0 Å². The minimum atomic E-state index is 0.362. The first-order valence-electron chi connectivity index (χ1n) is 10.2. The molecule has 1 aliphatic heterocycles. The normalized spacial score (nSPS) is 20.7. The first-order chi connectivity index (χ1) is 13.1. The van der Waals surface area contributed by atoms with Crippen LogP contribution >= 0.6 is 0 Å². The van der Waals surface area contributed by atoms with E-state index in [9.17, 15) is 0 Å². The van der Waals surface area contributed by atoms with Crippen molar-refractivity contribution in [1.82, 2.24) is 24.8 Å². The molecule has 0 amide bonds. The largest absolute Gasteiger partial charge is 0.327 e. The molecule has 144 valence electrons. The van der Waals surface area contributed by atoms with Crippen molar-refractivity contribution in [2.45, 2.75) is 51.2 Å². The van der Waals surface area contributed by atoms with Crippen LogP contribution in [-0.2, 0) is 19.5 Å². The number of nitrogens with one attached hydrogen (secondary N) is 1. The van der Waals surface area contributed by atoms with Gasteiger partial charge in [0.1, 0.15) is 5.82 Å². The number of pyridine rings is 1. The molecule has 0 radical (unpaired) electrons. The lowest BCUT2D eigenvalue weighted by molar-refractivity contribution is 0.199. The zero-order chi connectivity index (χ0) is 18.8. The number of aromatic nitrogens is 3. The third kappa shape index (κ3) is 3.85. The van der Waals surface area contributed by atoms with Crippen molar-refractivity contribution in [3.05, 3.63) is 46.1 Å². The Morgan fingerprint density at radius 1 is 1.26 bits per heavy atom. The van der Waals surface area contributed by atoms with Crippen LogP contribution in [0.3, 0.4) is 0 Å². The van der Waals surface area contributed by atoms with Gasteiger partial charge in [0, 0.05) is 12.7 Å². The Balaban J connectivity index is 1.55.